The third kappa shape index (κ3) is 3.29. The average molecular weight is 311 g/mol. The minimum absolute atomic E-state index is 0.317. The molecule has 0 aromatic rings. The van der Waals surface area contributed by atoms with Crippen LogP contribution in [0.5, 0.6) is 0 Å². The zero-order valence-corrected chi connectivity index (χ0v) is 15.7. The lowest BCUT2D eigenvalue weighted by molar-refractivity contribution is -0.123. The van der Waals surface area contributed by atoms with Crippen LogP contribution in [0.2, 0.25) is 18.1 Å². The van der Waals surface area contributed by atoms with Gasteiger partial charge in [-0.1, -0.05) is 27.7 Å². The number of fused-ring (bicyclic) bond motifs is 1. The van der Waals surface area contributed by atoms with Crippen molar-refractivity contribution >= 4 is 14.1 Å². The number of rotatable bonds is 6. The van der Waals surface area contributed by atoms with Gasteiger partial charge in [0.1, 0.15) is 5.78 Å². The van der Waals surface area contributed by atoms with E-state index >= 15 is 0 Å². The molecule has 5 unspecified atom stereocenters. The molecule has 0 amide bonds. The van der Waals surface area contributed by atoms with E-state index in [1.54, 1.807) is 6.92 Å². The van der Waals surface area contributed by atoms with Gasteiger partial charge in [0.25, 0.3) is 0 Å². The van der Waals surface area contributed by atoms with Crippen molar-refractivity contribution in [2.75, 3.05) is 0 Å². The summed E-state index contributed by atoms with van der Waals surface area (Å²) >= 11 is 0. The number of Topliss-reactive ketones (excluding diaryl/α,β-unsaturated/α-hetero) is 1. The second-order valence-corrected chi connectivity index (χ2v) is 12.2. The smallest absolute Gasteiger partial charge is 0.192 e. The van der Waals surface area contributed by atoms with Gasteiger partial charge in [-0.05, 0) is 68.5 Å². The molecule has 0 saturated heterocycles. The van der Waals surface area contributed by atoms with Crippen molar-refractivity contribution in [3.63, 3.8) is 0 Å². The van der Waals surface area contributed by atoms with E-state index < -0.39 is 8.32 Å². The van der Waals surface area contributed by atoms with Gasteiger partial charge in [0.2, 0.25) is 0 Å². The van der Waals surface area contributed by atoms with E-state index in [9.17, 15) is 4.79 Å². The molecule has 2 aliphatic rings. The van der Waals surface area contributed by atoms with Crippen LogP contribution < -0.4 is 0 Å². The van der Waals surface area contributed by atoms with Crippen LogP contribution >= 0.6 is 0 Å². The lowest BCUT2D eigenvalue weighted by atomic mass is 9.69. The second-order valence-electron chi connectivity index (χ2n) is 7.49. The summed E-state index contributed by atoms with van der Waals surface area (Å²) < 4.78 is 6.84. The Hall–Kier alpha value is -0.153. The molecule has 2 nitrogen and oxygen atoms in total. The maximum Gasteiger partial charge on any atom is 0.192 e. The first-order valence-corrected chi connectivity index (χ1v) is 11.7. The van der Waals surface area contributed by atoms with Crippen LogP contribution in [-0.2, 0) is 9.22 Å². The van der Waals surface area contributed by atoms with Crippen LogP contribution in [0.3, 0.4) is 0 Å². The normalized spacial score (nSPS) is 36.5. The molecule has 0 bridgehead atoms. The third-order valence-electron chi connectivity index (χ3n) is 6.67. The summed E-state index contributed by atoms with van der Waals surface area (Å²) in [5.74, 6) is 2.68. The first-order chi connectivity index (χ1) is 9.98. The van der Waals surface area contributed by atoms with Gasteiger partial charge in [-0.15, -0.1) is 0 Å². The second kappa shape index (κ2) is 6.95. The summed E-state index contributed by atoms with van der Waals surface area (Å²) in [7, 11) is -1.52. The van der Waals surface area contributed by atoms with Crippen molar-refractivity contribution < 1.29 is 9.22 Å². The van der Waals surface area contributed by atoms with Gasteiger partial charge in [0.15, 0.2) is 8.32 Å². The minimum Gasteiger partial charge on any atom is -0.414 e. The highest BCUT2D eigenvalue weighted by molar-refractivity contribution is 6.73. The van der Waals surface area contributed by atoms with Gasteiger partial charge in [-0.2, -0.15) is 0 Å². The highest BCUT2D eigenvalue weighted by atomic mass is 28.4. The molecule has 2 saturated carbocycles. The van der Waals surface area contributed by atoms with Crippen LogP contribution in [0, 0.1) is 23.7 Å². The maximum absolute atomic E-state index is 12.0. The number of carbonyl (C=O) groups excluding carboxylic acids is 1. The van der Waals surface area contributed by atoms with E-state index in [4.69, 9.17) is 4.43 Å². The third-order valence-corrected chi connectivity index (χ3v) is 11.3. The van der Waals surface area contributed by atoms with E-state index in [1.807, 2.05) is 0 Å². The Kier molecular flexibility index (Phi) is 5.69. The monoisotopic (exact) mass is 310 g/mol. The standard InChI is InChI=1S/C18H34O2Si/c1-6-21(7-2,8-3)20-17-12-9-13(4)18-15(14(5)19)10-11-16(17)18/h13,15-18H,6-12H2,1-5H3. The van der Waals surface area contributed by atoms with Crippen molar-refractivity contribution in [1.82, 2.24) is 0 Å². The Morgan fingerprint density at radius 1 is 1.05 bits per heavy atom. The van der Waals surface area contributed by atoms with Crippen LogP contribution in [0.4, 0.5) is 0 Å². The van der Waals surface area contributed by atoms with Crippen molar-refractivity contribution in [2.24, 2.45) is 23.7 Å². The molecule has 0 radical (unpaired) electrons. The van der Waals surface area contributed by atoms with Crippen LogP contribution in [0.15, 0.2) is 0 Å². The Labute approximate surface area is 132 Å². The molecule has 0 heterocycles. The fourth-order valence-electron chi connectivity index (χ4n) is 5.08. The maximum atomic E-state index is 12.0. The number of carbonyl (C=O) groups is 1. The zero-order valence-electron chi connectivity index (χ0n) is 14.7. The summed E-state index contributed by atoms with van der Waals surface area (Å²) in [6.45, 7) is 11.1. The fraction of sp³-hybridized carbons (Fsp3) is 0.944. The van der Waals surface area contributed by atoms with Gasteiger partial charge < -0.3 is 4.43 Å². The molecular weight excluding hydrogens is 276 g/mol. The Bertz CT molecular complexity index is 356. The van der Waals surface area contributed by atoms with Crippen molar-refractivity contribution in [3.8, 4) is 0 Å². The topological polar surface area (TPSA) is 26.3 Å². The molecule has 122 valence electrons. The summed E-state index contributed by atoms with van der Waals surface area (Å²) in [6, 6.07) is 3.71. The zero-order chi connectivity index (χ0) is 15.6. The molecule has 0 aromatic carbocycles. The highest BCUT2D eigenvalue weighted by Gasteiger charge is 2.49. The van der Waals surface area contributed by atoms with Crippen LogP contribution in [0.1, 0.15) is 60.3 Å². The van der Waals surface area contributed by atoms with Crippen molar-refractivity contribution in [3.05, 3.63) is 0 Å². The van der Waals surface area contributed by atoms with Gasteiger partial charge >= 0.3 is 0 Å². The number of hydrogen-bond donors (Lipinski definition) is 0. The molecule has 0 aromatic heterocycles. The minimum atomic E-state index is -1.52. The van der Waals surface area contributed by atoms with Crippen LogP contribution in [-0.4, -0.2) is 20.2 Å². The Morgan fingerprint density at radius 2 is 1.67 bits per heavy atom. The summed E-state index contributed by atoms with van der Waals surface area (Å²) in [6.07, 6.45) is 5.24. The first kappa shape index (κ1) is 17.2. The van der Waals surface area contributed by atoms with Gasteiger partial charge in [-0.3, -0.25) is 4.79 Å². The van der Waals surface area contributed by atoms with Crippen molar-refractivity contribution in [1.29, 1.82) is 0 Å². The Balaban J connectivity index is 2.14. The molecule has 2 rings (SSSR count). The van der Waals surface area contributed by atoms with E-state index in [0.29, 0.717) is 35.6 Å². The van der Waals surface area contributed by atoms with E-state index in [1.165, 1.54) is 37.4 Å². The molecule has 3 heteroatoms. The summed E-state index contributed by atoms with van der Waals surface area (Å²) in [5, 5.41) is 0. The average Bonchev–Trinajstić information content (AvgIpc) is 2.93. The summed E-state index contributed by atoms with van der Waals surface area (Å²) in [4.78, 5) is 12.0. The van der Waals surface area contributed by atoms with Gasteiger partial charge in [-0.25, -0.2) is 0 Å². The van der Waals surface area contributed by atoms with E-state index in [0.717, 1.165) is 6.42 Å². The molecule has 21 heavy (non-hydrogen) atoms. The largest absolute Gasteiger partial charge is 0.414 e. The lowest BCUT2D eigenvalue weighted by Gasteiger charge is -2.44. The molecule has 0 N–H and O–H groups in total. The van der Waals surface area contributed by atoms with Gasteiger partial charge in [0.05, 0.1) is 0 Å². The molecular formula is C18H34O2Si. The summed E-state index contributed by atoms with van der Waals surface area (Å²) in [5.41, 5.74) is 0. The van der Waals surface area contributed by atoms with Gasteiger partial charge in [0, 0.05) is 12.0 Å². The molecule has 5 atom stereocenters. The quantitative estimate of drug-likeness (QED) is 0.643. The SMILES string of the molecule is CC[Si](CC)(CC)OC1CCC(C)C2C(C(C)=O)CCC12. The van der Waals surface area contributed by atoms with E-state index in [2.05, 4.69) is 27.7 Å². The Morgan fingerprint density at radius 3 is 2.19 bits per heavy atom. The number of ketones is 1. The van der Waals surface area contributed by atoms with Crippen molar-refractivity contribution in [2.45, 2.75) is 84.5 Å². The highest BCUT2D eigenvalue weighted by Crippen LogP contribution is 2.50. The lowest BCUT2D eigenvalue weighted by Crippen LogP contribution is -2.46. The molecule has 2 aliphatic carbocycles. The van der Waals surface area contributed by atoms with E-state index in [-0.39, 0.29) is 0 Å². The first-order valence-electron chi connectivity index (χ1n) is 9.16. The number of hydrogen-bond acceptors (Lipinski definition) is 2. The predicted octanol–water partition coefficient (Wildman–Crippen LogP) is 5.04. The molecule has 0 spiro atoms. The fourth-order valence-corrected chi connectivity index (χ4v) is 8.02. The molecule has 2 fully saturated rings. The van der Waals surface area contributed by atoms with Crippen LogP contribution in [0.25, 0.3) is 0 Å². The predicted molar refractivity (Wildman–Crippen MR) is 90.9 cm³/mol. The molecule has 0 aliphatic heterocycles.